The maximum Gasteiger partial charge on any atom is 0.408 e. The Bertz CT molecular complexity index is 420. The van der Waals surface area contributed by atoms with Gasteiger partial charge in [-0.3, -0.25) is 0 Å². The average molecular weight is 330 g/mol. The quantitative estimate of drug-likeness (QED) is 0.632. The predicted octanol–water partition coefficient (Wildman–Crippen LogP) is 3.60. The molecule has 0 aromatic carbocycles. The lowest BCUT2D eigenvalue weighted by atomic mass is 9.79. The predicted molar refractivity (Wildman–Crippen MR) is 91.5 cm³/mol. The summed E-state index contributed by atoms with van der Waals surface area (Å²) in [7, 11) is 0. The maximum absolute atomic E-state index is 12.3. The highest BCUT2D eigenvalue weighted by atomic mass is 32.2. The van der Waals surface area contributed by atoms with E-state index >= 15 is 0 Å². The second kappa shape index (κ2) is 7.21. The van der Waals surface area contributed by atoms with Gasteiger partial charge in [0.1, 0.15) is 21.7 Å². The summed E-state index contributed by atoms with van der Waals surface area (Å²) in [6.45, 7) is 13.1. The second-order valence-corrected chi connectivity index (χ2v) is 9.78. The molecule has 0 aliphatic heterocycles. The van der Waals surface area contributed by atoms with E-state index < -0.39 is 27.8 Å². The van der Waals surface area contributed by atoms with Gasteiger partial charge in [0.2, 0.25) is 0 Å². The molecule has 0 aromatic rings. The van der Waals surface area contributed by atoms with Crippen molar-refractivity contribution in [1.29, 1.82) is 0 Å². The number of hydrogen-bond donors (Lipinski definition) is 1. The number of nitrogens with one attached hydrogen (secondary N) is 1. The van der Waals surface area contributed by atoms with E-state index in [4.69, 9.17) is 4.74 Å². The van der Waals surface area contributed by atoms with E-state index in [9.17, 15) is 9.35 Å². The van der Waals surface area contributed by atoms with Gasteiger partial charge in [-0.05, 0) is 61.3 Å². The van der Waals surface area contributed by atoms with Gasteiger partial charge in [0.05, 0.1) is 11.8 Å². The molecule has 1 saturated carbocycles. The summed E-state index contributed by atoms with van der Waals surface area (Å²) in [5, 5.41) is 2.82. The first kappa shape index (κ1) is 19.3. The van der Waals surface area contributed by atoms with Gasteiger partial charge in [-0.2, -0.15) is 0 Å². The molecule has 1 rings (SSSR count). The zero-order valence-electron chi connectivity index (χ0n) is 14.9. The van der Waals surface area contributed by atoms with Gasteiger partial charge in [0.15, 0.2) is 0 Å². The Balaban J connectivity index is 2.79. The normalized spacial score (nSPS) is 20.1. The molecule has 0 spiro atoms. The van der Waals surface area contributed by atoms with Crippen LogP contribution in [0.1, 0.15) is 67.7 Å². The molecule has 22 heavy (non-hydrogen) atoms. The second-order valence-electron chi connectivity index (χ2n) is 7.87. The summed E-state index contributed by atoms with van der Waals surface area (Å²) < 4.78 is 21.6. The van der Waals surface area contributed by atoms with Gasteiger partial charge in [0.25, 0.3) is 0 Å². The zero-order chi connectivity index (χ0) is 17.1. The van der Waals surface area contributed by atoms with E-state index in [2.05, 4.69) is 9.71 Å². The molecule has 1 aliphatic carbocycles. The van der Waals surface area contributed by atoms with Crippen LogP contribution in [0.5, 0.6) is 0 Å². The highest BCUT2D eigenvalue weighted by Crippen LogP contribution is 2.31. The number of alkyl carbamates (subject to hydrolysis) is 1. The van der Waals surface area contributed by atoms with Gasteiger partial charge in [-0.1, -0.05) is 10.8 Å². The molecule has 2 atom stereocenters. The number of hydrogen-bond acceptors (Lipinski definition) is 4. The molecular weight excluding hydrogens is 300 g/mol. The maximum atomic E-state index is 12.3. The fraction of sp³-hybridized carbons (Fsp3) is 0.875. The topological polar surface area (TPSA) is 73.8 Å². The van der Waals surface area contributed by atoms with E-state index in [1.54, 1.807) is 0 Å². The molecule has 5 nitrogen and oxygen atoms in total. The van der Waals surface area contributed by atoms with Gasteiger partial charge >= 0.3 is 6.09 Å². The molecule has 0 heterocycles. The fourth-order valence-electron chi connectivity index (χ4n) is 2.00. The van der Waals surface area contributed by atoms with Crippen LogP contribution < -0.4 is 5.32 Å². The minimum Gasteiger partial charge on any atom is -0.591 e. The van der Waals surface area contributed by atoms with Crippen LogP contribution >= 0.6 is 0 Å². The Labute approximate surface area is 137 Å². The number of rotatable bonds is 4. The van der Waals surface area contributed by atoms with Crippen molar-refractivity contribution in [1.82, 2.24) is 5.32 Å². The van der Waals surface area contributed by atoms with Crippen molar-refractivity contribution in [3.05, 3.63) is 0 Å². The summed E-state index contributed by atoms with van der Waals surface area (Å²) in [6, 6.07) is -0.272. The highest BCUT2D eigenvalue weighted by Gasteiger charge is 2.34. The van der Waals surface area contributed by atoms with Gasteiger partial charge in [-0.25, -0.2) is 4.79 Å². The summed E-state index contributed by atoms with van der Waals surface area (Å²) in [5.74, 6) is 0.316. The van der Waals surface area contributed by atoms with Gasteiger partial charge in [-0.15, -0.1) is 0 Å². The largest absolute Gasteiger partial charge is 0.591 e. The number of ether oxygens (including phenoxy) is 1. The van der Waals surface area contributed by atoms with E-state index in [1.165, 1.54) is 0 Å². The Hall–Kier alpha value is -0.750. The van der Waals surface area contributed by atoms with Crippen molar-refractivity contribution in [3.63, 3.8) is 0 Å². The van der Waals surface area contributed by atoms with Crippen molar-refractivity contribution >= 4 is 23.2 Å². The van der Waals surface area contributed by atoms with Crippen LogP contribution in [0.25, 0.3) is 0 Å². The third-order valence-corrected chi connectivity index (χ3v) is 4.84. The van der Waals surface area contributed by atoms with Crippen LogP contribution in [0, 0.1) is 5.92 Å². The van der Waals surface area contributed by atoms with Gasteiger partial charge < -0.3 is 14.6 Å². The first-order chi connectivity index (χ1) is 9.90. The molecule has 1 unspecified atom stereocenters. The zero-order valence-corrected chi connectivity index (χ0v) is 15.7. The van der Waals surface area contributed by atoms with Crippen LogP contribution in [-0.2, 0) is 16.1 Å². The monoisotopic (exact) mass is 330 g/mol. The van der Waals surface area contributed by atoms with Crippen LogP contribution in [-0.4, -0.2) is 32.7 Å². The summed E-state index contributed by atoms with van der Waals surface area (Å²) >= 11 is -1.31. The Morgan fingerprint density at radius 2 is 1.82 bits per heavy atom. The highest BCUT2D eigenvalue weighted by molar-refractivity contribution is 7.91. The first-order valence-electron chi connectivity index (χ1n) is 7.90. The lowest BCUT2D eigenvalue weighted by molar-refractivity contribution is 0.0520. The fourth-order valence-corrected chi connectivity index (χ4v) is 2.77. The van der Waals surface area contributed by atoms with Crippen LogP contribution in [0.15, 0.2) is 4.40 Å². The van der Waals surface area contributed by atoms with E-state index in [-0.39, 0.29) is 6.04 Å². The number of amides is 1. The molecule has 0 saturated heterocycles. The SMILES string of the molecule is C[C@H](NC(=O)OC(C)(C)C)C(=N[S+]([O-])C(C)(C)C)C1CCC1. The summed E-state index contributed by atoms with van der Waals surface area (Å²) in [4.78, 5) is 11.9. The lowest BCUT2D eigenvalue weighted by Crippen LogP contribution is -2.46. The van der Waals surface area contributed by atoms with E-state index in [0.29, 0.717) is 5.92 Å². The average Bonchev–Trinajstić information content (AvgIpc) is 2.20. The van der Waals surface area contributed by atoms with E-state index in [0.717, 1.165) is 25.0 Å². The minimum absolute atomic E-state index is 0.272. The number of carbonyl (C=O) groups excluding carboxylic acids is 1. The Kier molecular flexibility index (Phi) is 6.33. The van der Waals surface area contributed by atoms with Crippen LogP contribution in [0.3, 0.4) is 0 Å². The molecule has 1 N–H and O–H groups in total. The van der Waals surface area contributed by atoms with Crippen molar-refractivity contribution in [2.45, 2.75) is 84.1 Å². The van der Waals surface area contributed by atoms with Crippen molar-refractivity contribution in [3.8, 4) is 0 Å². The molecule has 0 aromatic heterocycles. The van der Waals surface area contributed by atoms with Crippen LogP contribution in [0.2, 0.25) is 0 Å². The first-order valence-corrected chi connectivity index (χ1v) is 9.01. The molecule has 1 fully saturated rings. The molecule has 0 bridgehead atoms. The lowest BCUT2D eigenvalue weighted by Gasteiger charge is -2.31. The summed E-state index contributed by atoms with van der Waals surface area (Å²) in [5.41, 5.74) is 0.289. The smallest absolute Gasteiger partial charge is 0.408 e. The third-order valence-electron chi connectivity index (χ3n) is 3.41. The molecule has 128 valence electrons. The van der Waals surface area contributed by atoms with Crippen molar-refractivity contribution in [2.24, 2.45) is 10.3 Å². The summed E-state index contributed by atoms with van der Waals surface area (Å²) in [6.07, 6.45) is 2.78. The Morgan fingerprint density at radius 1 is 1.27 bits per heavy atom. The third kappa shape index (κ3) is 6.16. The van der Waals surface area contributed by atoms with Crippen molar-refractivity contribution < 1.29 is 14.1 Å². The molecular formula is C16H30N2O3S. The number of nitrogens with zero attached hydrogens (tertiary/aromatic N) is 1. The standard InChI is InChI=1S/C16H30N2O3S/c1-11(17-14(19)21-15(2,3)4)13(12-9-8-10-12)18-22(20)16(5,6)7/h11-12H,8-10H2,1-7H3,(H,17,19)/t11-,22?/m0/s1. The molecule has 0 radical (unpaired) electrons. The van der Waals surface area contributed by atoms with Gasteiger partial charge in [0, 0.05) is 5.92 Å². The number of carbonyl (C=O) groups is 1. The minimum atomic E-state index is -1.31. The van der Waals surface area contributed by atoms with Crippen molar-refractivity contribution in [2.75, 3.05) is 0 Å². The van der Waals surface area contributed by atoms with E-state index in [1.807, 2.05) is 48.5 Å². The molecule has 6 heteroatoms. The molecule has 1 amide bonds. The van der Waals surface area contributed by atoms with Crippen LogP contribution in [0.4, 0.5) is 4.79 Å². The Morgan fingerprint density at radius 3 is 2.18 bits per heavy atom. The molecule has 1 aliphatic rings.